The van der Waals surface area contributed by atoms with Crippen LogP contribution in [-0.4, -0.2) is 15.1 Å². The molecule has 0 radical (unpaired) electrons. The molecular weight excluding hydrogens is 260 g/mol. The van der Waals surface area contributed by atoms with Gasteiger partial charge in [-0.05, 0) is 47.9 Å². The van der Waals surface area contributed by atoms with E-state index in [0.29, 0.717) is 5.82 Å². The van der Waals surface area contributed by atoms with E-state index in [4.69, 9.17) is 0 Å². The Balaban J connectivity index is 1.89. The van der Waals surface area contributed by atoms with Gasteiger partial charge >= 0.3 is 0 Å². The molecule has 0 bridgehead atoms. The Morgan fingerprint density at radius 1 is 1.33 bits per heavy atom. The summed E-state index contributed by atoms with van der Waals surface area (Å²) in [4.78, 5) is 7.78. The predicted octanol–water partition coefficient (Wildman–Crippen LogP) is 4.25. The molecule has 1 saturated carbocycles. The highest BCUT2D eigenvalue weighted by molar-refractivity contribution is 5.76. The maximum atomic E-state index is 10.3. The molecular formula is C18H24N2O. The van der Waals surface area contributed by atoms with Gasteiger partial charge < -0.3 is 10.1 Å². The van der Waals surface area contributed by atoms with Gasteiger partial charge in [-0.25, -0.2) is 4.98 Å². The summed E-state index contributed by atoms with van der Waals surface area (Å²) >= 11 is 0. The second-order valence-electron chi connectivity index (χ2n) is 7.39. The maximum Gasteiger partial charge on any atom is 0.140 e. The average Bonchev–Trinajstić information content (AvgIpc) is 2.78. The van der Waals surface area contributed by atoms with Crippen molar-refractivity contribution in [3.63, 3.8) is 0 Å². The quantitative estimate of drug-likeness (QED) is 0.810. The van der Waals surface area contributed by atoms with Gasteiger partial charge in [0.05, 0.1) is 11.0 Å². The van der Waals surface area contributed by atoms with Crippen LogP contribution < -0.4 is 0 Å². The molecule has 1 aliphatic rings. The zero-order valence-electron chi connectivity index (χ0n) is 13.3. The molecule has 2 aromatic rings. The topological polar surface area (TPSA) is 48.9 Å². The van der Waals surface area contributed by atoms with E-state index in [1.54, 1.807) is 0 Å². The Morgan fingerprint density at radius 2 is 2.05 bits per heavy atom. The van der Waals surface area contributed by atoms with Crippen LogP contribution in [0.15, 0.2) is 29.8 Å². The molecule has 3 rings (SSSR count). The number of aliphatic hydroxyl groups excluding tert-OH is 1. The molecule has 1 aromatic carbocycles. The summed E-state index contributed by atoms with van der Waals surface area (Å²) in [5.41, 5.74) is 4.63. The summed E-state index contributed by atoms with van der Waals surface area (Å²) in [6.07, 6.45) is 3.53. The van der Waals surface area contributed by atoms with Gasteiger partial charge in [-0.3, -0.25) is 0 Å². The molecule has 2 N–H and O–H groups in total. The first-order valence-corrected chi connectivity index (χ1v) is 7.71. The number of imidazole rings is 1. The first-order valence-electron chi connectivity index (χ1n) is 7.71. The highest BCUT2D eigenvalue weighted by Gasteiger charge is 2.21. The molecule has 0 saturated heterocycles. The van der Waals surface area contributed by atoms with Gasteiger partial charge in [0.1, 0.15) is 11.9 Å². The second-order valence-corrected chi connectivity index (χ2v) is 7.39. The van der Waals surface area contributed by atoms with Crippen molar-refractivity contribution < 1.29 is 5.11 Å². The number of rotatable bonds is 2. The van der Waals surface area contributed by atoms with E-state index in [2.05, 4.69) is 49.8 Å². The number of hydrogen-bond acceptors (Lipinski definition) is 2. The molecule has 1 aromatic heterocycles. The fourth-order valence-corrected chi connectivity index (χ4v) is 2.91. The Kier molecular flexibility index (Phi) is 3.40. The molecule has 0 spiro atoms. The van der Waals surface area contributed by atoms with Crippen molar-refractivity contribution in [2.45, 2.75) is 52.1 Å². The number of benzene rings is 1. The predicted molar refractivity (Wildman–Crippen MR) is 86.2 cm³/mol. The van der Waals surface area contributed by atoms with Gasteiger partial charge in [0.15, 0.2) is 0 Å². The summed E-state index contributed by atoms with van der Waals surface area (Å²) in [5, 5.41) is 10.3. The van der Waals surface area contributed by atoms with E-state index in [9.17, 15) is 5.11 Å². The zero-order chi connectivity index (χ0) is 15.2. The number of fused-ring (bicyclic) bond motifs is 1. The third-order valence-electron chi connectivity index (χ3n) is 4.26. The fraction of sp³-hybridized carbons (Fsp3) is 0.500. The number of aromatic amines is 1. The molecule has 0 aliphatic heterocycles. The van der Waals surface area contributed by atoms with Gasteiger partial charge in [0, 0.05) is 0 Å². The first kappa shape index (κ1) is 14.3. The van der Waals surface area contributed by atoms with Gasteiger partial charge in [-0.1, -0.05) is 39.3 Å². The third kappa shape index (κ3) is 2.88. The molecule has 1 aliphatic carbocycles. The third-order valence-corrected chi connectivity index (χ3v) is 4.26. The molecule has 112 valence electrons. The summed E-state index contributed by atoms with van der Waals surface area (Å²) in [6.45, 7) is 8.83. The van der Waals surface area contributed by atoms with Crippen molar-refractivity contribution in [2.75, 3.05) is 0 Å². The Hall–Kier alpha value is -1.61. The van der Waals surface area contributed by atoms with Crippen LogP contribution in [0.2, 0.25) is 0 Å². The number of hydrogen-bond donors (Lipinski definition) is 2. The minimum absolute atomic E-state index is 0.113. The molecule has 0 amide bonds. The van der Waals surface area contributed by atoms with Crippen LogP contribution in [-0.2, 0) is 5.41 Å². The SMILES string of the molecule is CC1CC(=CC(O)c2nc3ccc(C(C)(C)C)cc3[nH]2)C1. The van der Waals surface area contributed by atoms with Crippen molar-refractivity contribution >= 4 is 11.0 Å². The van der Waals surface area contributed by atoms with E-state index in [1.165, 1.54) is 11.1 Å². The monoisotopic (exact) mass is 284 g/mol. The molecule has 1 unspecified atom stereocenters. The van der Waals surface area contributed by atoms with Crippen LogP contribution in [0.1, 0.15) is 58.0 Å². The van der Waals surface area contributed by atoms with Crippen LogP contribution in [0.4, 0.5) is 0 Å². The largest absolute Gasteiger partial charge is 0.381 e. The van der Waals surface area contributed by atoms with E-state index in [0.717, 1.165) is 29.8 Å². The van der Waals surface area contributed by atoms with Crippen molar-refractivity contribution in [3.05, 3.63) is 41.2 Å². The number of aliphatic hydroxyl groups is 1. The normalized spacial score (nSPS) is 20.4. The van der Waals surface area contributed by atoms with Gasteiger partial charge in [-0.2, -0.15) is 0 Å². The zero-order valence-corrected chi connectivity index (χ0v) is 13.3. The maximum absolute atomic E-state index is 10.3. The standard InChI is InChI=1S/C18H24N2O/c1-11-7-12(8-11)9-16(21)17-19-14-6-5-13(18(2,3)4)10-15(14)20-17/h5-6,9-11,16,21H,7-8H2,1-4H3,(H,19,20). The highest BCUT2D eigenvalue weighted by Crippen LogP contribution is 2.34. The van der Waals surface area contributed by atoms with Crippen molar-refractivity contribution in [1.82, 2.24) is 9.97 Å². The van der Waals surface area contributed by atoms with Crippen LogP contribution in [0.3, 0.4) is 0 Å². The second kappa shape index (κ2) is 4.99. The highest BCUT2D eigenvalue weighted by atomic mass is 16.3. The number of allylic oxidation sites excluding steroid dienone is 1. The molecule has 1 heterocycles. The van der Waals surface area contributed by atoms with Crippen molar-refractivity contribution in [1.29, 1.82) is 0 Å². The molecule has 3 heteroatoms. The van der Waals surface area contributed by atoms with Crippen LogP contribution in [0.5, 0.6) is 0 Å². The fourth-order valence-electron chi connectivity index (χ4n) is 2.91. The van der Waals surface area contributed by atoms with E-state index >= 15 is 0 Å². The van der Waals surface area contributed by atoms with Crippen LogP contribution >= 0.6 is 0 Å². The van der Waals surface area contributed by atoms with Gasteiger partial charge in [-0.15, -0.1) is 0 Å². The van der Waals surface area contributed by atoms with E-state index in [-0.39, 0.29) is 5.41 Å². The summed E-state index contributed by atoms with van der Waals surface area (Å²) in [6, 6.07) is 6.28. The number of nitrogens with one attached hydrogen (secondary N) is 1. The lowest BCUT2D eigenvalue weighted by atomic mass is 9.81. The van der Waals surface area contributed by atoms with Gasteiger partial charge in [0.2, 0.25) is 0 Å². The van der Waals surface area contributed by atoms with Crippen molar-refractivity contribution in [3.8, 4) is 0 Å². The summed E-state index contributed by atoms with van der Waals surface area (Å²) in [7, 11) is 0. The number of aromatic nitrogens is 2. The Bertz CT molecular complexity index is 683. The lowest BCUT2D eigenvalue weighted by molar-refractivity contribution is 0.216. The Morgan fingerprint density at radius 3 is 2.67 bits per heavy atom. The molecule has 1 fully saturated rings. The lowest BCUT2D eigenvalue weighted by Crippen LogP contribution is -2.12. The Labute approximate surface area is 126 Å². The molecule has 21 heavy (non-hydrogen) atoms. The number of nitrogens with zero attached hydrogens (tertiary/aromatic N) is 1. The average molecular weight is 284 g/mol. The smallest absolute Gasteiger partial charge is 0.140 e. The van der Waals surface area contributed by atoms with E-state index < -0.39 is 6.10 Å². The summed E-state index contributed by atoms with van der Waals surface area (Å²) < 4.78 is 0. The minimum atomic E-state index is -0.627. The van der Waals surface area contributed by atoms with Crippen LogP contribution in [0, 0.1) is 5.92 Å². The van der Waals surface area contributed by atoms with E-state index in [1.807, 2.05) is 12.1 Å². The minimum Gasteiger partial charge on any atom is -0.381 e. The summed E-state index contributed by atoms with van der Waals surface area (Å²) in [5.74, 6) is 1.40. The lowest BCUT2D eigenvalue weighted by Gasteiger charge is -2.26. The van der Waals surface area contributed by atoms with Gasteiger partial charge in [0.25, 0.3) is 0 Å². The molecule has 1 atom stereocenters. The van der Waals surface area contributed by atoms with Crippen LogP contribution in [0.25, 0.3) is 11.0 Å². The van der Waals surface area contributed by atoms with Crippen molar-refractivity contribution in [2.24, 2.45) is 5.92 Å². The first-order chi connectivity index (χ1) is 9.83. The number of H-pyrrole nitrogens is 1. The molecule has 3 nitrogen and oxygen atoms in total.